The van der Waals surface area contributed by atoms with E-state index in [2.05, 4.69) is 10.3 Å². The maximum absolute atomic E-state index is 12.8. The second-order valence-electron chi connectivity index (χ2n) is 6.99. The summed E-state index contributed by atoms with van der Waals surface area (Å²) in [6.45, 7) is 2.51. The number of carbonyl (C=O) groups excluding carboxylic acids is 1. The number of anilines is 1. The maximum atomic E-state index is 12.8. The molecule has 164 valence electrons. The predicted molar refractivity (Wildman–Crippen MR) is 103 cm³/mol. The summed E-state index contributed by atoms with van der Waals surface area (Å²) in [5.41, 5.74) is -0.577. The number of halogens is 3. The molecule has 2 heterocycles. The van der Waals surface area contributed by atoms with Crippen molar-refractivity contribution < 1.29 is 26.4 Å². The molecule has 1 saturated heterocycles. The maximum Gasteiger partial charge on any atom is 0.416 e. The Morgan fingerprint density at radius 2 is 1.77 bits per heavy atom. The van der Waals surface area contributed by atoms with Crippen LogP contribution < -0.4 is 5.32 Å². The van der Waals surface area contributed by atoms with Crippen LogP contribution in [0.25, 0.3) is 0 Å². The molecule has 0 aliphatic carbocycles. The number of aryl methyl sites for hydroxylation is 2. The molecule has 0 atom stereocenters. The Balaban J connectivity index is 1.64. The van der Waals surface area contributed by atoms with Gasteiger partial charge in [0.1, 0.15) is 5.82 Å². The number of aromatic nitrogens is 2. The number of carbonyl (C=O) groups is 1. The van der Waals surface area contributed by atoms with Crippen LogP contribution in [0.5, 0.6) is 0 Å². The Morgan fingerprint density at radius 1 is 1.10 bits per heavy atom. The van der Waals surface area contributed by atoms with Crippen molar-refractivity contribution in [3.8, 4) is 0 Å². The molecule has 12 heteroatoms. The molecule has 1 fully saturated rings. The lowest BCUT2D eigenvalue weighted by Gasteiger charge is -2.22. The Labute approximate surface area is 172 Å². The van der Waals surface area contributed by atoms with Crippen molar-refractivity contribution in [3.05, 3.63) is 41.9 Å². The summed E-state index contributed by atoms with van der Waals surface area (Å²) >= 11 is 0. The molecule has 8 nitrogen and oxygen atoms in total. The number of imidazole rings is 1. The first-order chi connectivity index (χ1) is 14.0. The summed E-state index contributed by atoms with van der Waals surface area (Å²) in [6.07, 6.45) is -2.58. The van der Waals surface area contributed by atoms with Gasteiger partial charge in [0.15, 0.2) is 5.03 Å². The van der Waals surface area contributed by atoms with Crippen molar-refractivity contribution >= 4 is 21.7 Å². The summed E-state index contributed by atoms with van der Waals surface area (Å²) in [7, 11) is -2.07. The van der Waals surface area contributed by atoms with Gasteiger partial charge in [0.25, 0.3) is 10.0 Å². The molecule has 0 spiro atoms. The number of hydrogen-bond donors (Lipinski definition) is 1. The highest BCUT2D eigenvalue weighted by molar-refractivity contribution is 7.89. The van der Waals surface area contributed by atoms with E-state index in [1.165, 1.54) is 27.5 Å². The van der Waals surface area contributed by atoms with E-state index in [-0.39, 0.29) is 30.3 Å². The molecule has 0 saturated carbocycles. The lowest BCUT2D eigenvalue weighted by atomic mass is 10.2. The third-order valence-corrected chi connectivity index (χ3v) is 6.67. The minimum Gasteiger partial charge on any atom is -0.337 e. The van der Waals surface area contributed by atoms with Gasteiger partial charge >= 0.3 is 12.2 Å². The van der Waals surface area contributed by atoms with E-state index in [0.717, 1.165) is 12.1 Å². The number of amides is 2. The lowest BCUT2D eigenvalue weighted by molar-refractivity contribution is -0.137. The van der Waals surface area contributed by atoms with Gasteiger partial charge in [-0.05, 0) is 37.6 Å². The standard InChI is InChI=1S/C18H22F3N5O3S/c1-13-22-16(12-24(13)2)30(28,29)26-9-3-8-25(10-11-26)17(27)23-15-6-4-14(5-7-15)18(19,20)21/h4-7,12H,3,8-11H2,1-2H3,(H,23,27). The average molecular weight is 445 g/mol. The number of urea groups is 1. The summed E-state index contributed by atoms with van der Waals surface area (Å²) in [5.74, 6) is 0.570. The first kappa shape index (κ1) is 22.1. The zero-order valence-electron chi connectivity index (χ0n) is 16.5. The fourth-order valence-electron chi connectivity index (χ4n) is 3.07. The predicted octanol–water partition coefficient (Wildman–Crippen LogP) is 2.68. The van der Waals surface area contributed by atoms with Crippen LogP contribution in [-0.4, -0.2) is 59.4 Å². The van der Waals surface area contributed by atoms with Crippen LogP contribution in [0, 0.1) is 6.92 Å². The summed E-state index contributed by atoms with van der Waals surface area (Å²) in [4.78, 5) is 18.0. The van der Waals surface area contributed by atoms with Crippen molar-refractivity contribution in [3.63, 3.8) is 0 Å². The van der Waals surface area contributed by atoms with Crippen molar-refractivity contribution in [1.29, 1.82) is 0 Å². The third-order valence-electron chi connectivity index (χ3n) is 4.90. The Bertz CT molecular complexity index is 999. The SMILES string of the molecule is Cc1nc(S(=O)(=O)N2CCCN(C(=O)Nc3ccc(C(F)(F)F)cc3)CC2)cn1C. The zero-order chi connectivity index (χ0) is 22.1. The number of rotatable bonds is 3. The quantitative estimate of drug-likeness (QED) is 0.787. The molecule has 1 aliphatic heterocycles. The first-order valence-corrected chi connectivity index (χ1v) is 10.7. The summed E-state index contributed by atoms with van der Waals surface area (Å²) in [5, 5.41) is 2.51. The lowest BCUT2D eigenvalue weighted by Crippen LogP contribution is -2.39. The van der Waals surface area contributed by atoms with E-state index >= 15 is 0 Å². The fourth-order valence-corrected chi connectivity index (χ4v) is 4.56. The first-order valence-electron chi connectivity index (χ1n) is 9.22. The topological polar surface area (TPSA) is 87.5 Å². The van der Waals surface area contributed by atoms with E-state index < -0.39 is 27.8 Å². The van der Waals surface area contributed by atoms with Crippen LogP contribution in [0.15, 0.2) is 35.5 Å². The van der Waals surface area contributed by atoms with Gasteiger partial charge in [0.2, 0.25) is 0 Å². The monoisotopic (exact) mass is 445 g/mol. The second-order valence-corrected chi connectivity index (χ2v) is 8.87. The largest absolute Gasteiger partial charge is 0.416 e. The molecule has 2 aromatic rings. The molecule has 1 aromatic carbocycles. The van der Waals surface area contributed by atoms with Gasteiger partial charge < -0.3 is 14.8 Å². The molecular weight excluding hydrogens is 423 g/mol. The van der Waals surface area contributed by atoms with Gasteiger partial charge in [-0.2, -0.15) is 17.5 Å². The van der Waals surface area contributed by atoms with Crippen LogP contribution in [-0.2, 0) is 23.2 Å². The van der Waals surface area contributed by atoms with E-state index in [9.17, 15) is 26.4 Å². The van der Waals surface area contributed by atoms with Crippen LogP contribution in [0.2, 0.25) is 0 Å². The number of hydrogen-bond acceptors (Lipinski definition) is 4. The van der Waals surface area contributed by atoms with E-state index in [1.807, 2.05) is 0 Å². The highest BCUT2D eigenvalue weighted by Gasteiger charge is 2.31. The fraction of sp³-hybridized carbons (Fsp3) is 0.444. The average Bonchev–Trinajstić information content (AvgIpc) is 2.87. The molecule has 0 bridgehead atoms. The van der Waals surface area contributed by atoms with E-state index in [1.54, 1.807) is 18.5 Å². The Morgan fingerprint density at radius 3 is 2.33 bits per heavy atom. The molecule has 1 aromatic heterocycles. The van der Waals surface area contributed by atoms with Gasteiger partial charge in [-0.1, -0.05) is 0 Å². The second kappa shape index (κ2) is 8.26. The van der Waals surface area contributed by atoms with Crippen molar-refractivity contribution in [2.24, 2.45) is 7.05 Å². The Kier molecular flexibility index (Phi) is 6.09. The van der Waals surface area contributed by atoms with Gasteiger partial charge in [-0.15, -0.1) is 0 Å². The minimum atomic E-state index is -4.45. The number of sulfonamides is 1. The molecule has 30 heavy (non-hydrogen) atoms. The van der Waals surface area contributed by atoms with Crippen LogP contribution in [0.3, 0.4) is 0 Å². The van der Waals surface area contributed by atoms with Crippen LogP contribution in [0.1, 0.15) is 17.8 Å². The number of nitrogens with zero attached hydrogens (tertiary/aromatic N) is 4. The smallest absolute Gasteiger partial charge is 0.337 e. The summed E-state index contributed by atoms with van der Waals surface area (Å²) < 4.78 is 66.5. The normalized spacial score (nSPS) is 16.4. The highest BCUT2D eigenvalue weighted by atomic mass is 32.2. The molecule has 0 unspecified atom stereocenters. The molecule has 1 aliphatic rings. The summed E-state index contributed by atoms with van der Waals surface area (Å²) in [6, 6.07) is 3.64. The third kappa shape index (κ3) is 4.75. The van der Waals surface area contributed by atoms with E-state index in [4.69, 9.17) is 0 Å². The Hall–Kier alpha value is -2.60. The highest BCUT2D eigenvalue weighted by Crippen LogP contribution is 2.29. The molecular formula is C18H22F3N5O3S. The zero-order valence-corrected chi connectivity index (χ0v) is 17.3. The van der Waals surface area contributed by atoms with Crippen molar-refractivity contribution in [2.45, 2.75) is 24.5 Å². The number of benzene rings is 1. The van der Waals surface area contributed by atoms with Gasteiger partial charge in [-0.25, -0.2) is 18.2 Å². The van der Waals surface area contributed by atoms with E-state index in [0.29, 0.717) is 18.8 Å². The molecule has 1 N–H and O–H groups in total. The van der Waals surface area contributed by atoms with Gasteiger partial charge in [-0.3, -0.25) is 0 Å². The van der Waals surface area contributed by atoms with Gasteiger partial charge in [0.05, 0.1) is 5.56 Å². The number of nitrogens with one attached hydrogen (secondary N) is 1. The van der Waals surface area contributed by atoms with Gasteiger partial charge in [0, 0.05) is 45.1 Å². The van der Waals surface area contributed by atoms with Crippen molar-refractivity contribution in [1.82, 2.24) is 18.8 Å². The molecule has 3 rings (SSSR count). The van der Waals surface area contributed by atoms with Crippen LogP contribution in [0.4, 0.5) is 23.7 Å². The molecule has 0 radical (unpaired) electrons. The van der Waals surface area contributed by atoms with Crippen LogP contribution >= 0.6 is 0 Å². The van der Waals surface area contributed by atoms with Crippen molar-refractivity contribution in [2.75, 3.05) is 31.5 Å². The number of alkyl halides is 3. The molecule has 2 amide bonds. The minimum absolute atomic E-state index is 0.0369.